The standard InChI is InChI=1S/C19H20O5/c1-11-5-8-16(14(9-11)17(21)22)24-18(23)13-10-12(19(2,3)4)6-7-15(13)20/h5-10,20H,1-4H3,(H,21,22). The SMILES string of the molecule is Cc1ccc(OC(=O)c2cc(C(C)(C)C)ccc2O)c(C(=O)O)c1. The van der Waals surface area contributed by atoms with Crippen molar-refractivity contribution in [2.75, 3.05) is 0 Å². The molecule has 0 bridgehead atoms. The number of esters is 1. The molecule has 0 aliphatic rings. The quantitative estimate of drug-likeness (QED) is 0.659. The maximum atomic E-state index is 12.4. The van der Waals surface area contributed by atoms with Gasteiger partial charge in [-0.2, -0.15) is 0 Å². The lowest BCUT2D eigenvalue weighted by Crippen LogP contribution is -2.15. The van der Waals surface area contributed by atoms with Crippen LogP contribution in [0.1, 0.15) is 52.6 Å². The summed E-state index contributed by atoms with van der Waals surface area (Å²) in [5.41, 5.74) is 1.28. The van der Waals surface area contributed by atoms with E-state index >= 15 is 0 Å². The van der Waals surface area contributed by atoms with E-state index in [9.17, 15) is 19.8 Å². The van der Waals surface area contributed by atoms with Gasteiger partial charge in [0, 0.05) is 0 Å². The first-order valence-corrected chi connectivity index (χ1v) is 7.49. The monoisotopic (exact) mass is 328 g/mol. The summed E-state index contributed by atoms with van der Waals surface area (Å²) in [4.78, 5) is 23.7. The van der Waals surface area contributed by atoms with Gasteiger partial charge in [-0.05, 0) is 42.2 Å². The zero-order valence-corrected chi connectivity index (χ0v) is 14.1. The Balaban J connectivity index is 2.39. The van der Waals surface area contributed by atoms with Crippen LogP contribution in [0.5, 0.6) is 11.5 Å². The Morgan fingerprint density at radius 3 is 2.25 bits per heavy atom. The molecule has 2 aromatic carbocycles. The summed E-state index contributed by atoms with van der Waals surface area (Å²) in [6, 6.07) is 9.25. The Morgan fingerprint density at radius 1 is 1.00 bits per heavy atom. The summed E-state index contributed by atoms with van der Waals surface area (Å²) in [5, 5.41) is 19.2. The molecule has 0 aliphatic carbocycles. The van der Waals surface area contributed by atoms with Crippen molar-refractivity contribution in [1.82, 2.24) is 0 Å². The minimum atomic E-state index is -1.19. The Hall–Kier alpha value is -2.82. The van der Waals surface area contributed by atoms with E-state index in [-0.39, 0.29) is 28.0 Å². The van der Waals surface area contributed by atoms with Crippen molar-refractivity contribution in [3.63, 3.8) is 0 Å². The minimum absolute atomic E-state index is 0.000612. The molecule has 0 amide bonds. The van der Waals surface area contributed by atoms with E-state index in [1.807, 2.05) is 20.8 Å². The molecule has 0 aromatic heterocycles. The highest BCUT2D eigenvalue weighted by Gasteiger charge is 2.21. The highest BCUT2D eigenvalue weighted by atomic mass is 16.5. The van der Waals surface area contributed by atoms with Crippen LogP contribution in [0.25, 0.3) is 0 Å². The summed E-state index contributed by atoms with van der Waals surface area (Å²) in [5.74, 6) is -2.25. The molecule has 0 atom stereocenters. The van der Waals surface area contributed by atoms with Gasteiger partial charge < -0.3 is 14.9 Å². The van der Waals surface area contributed by atoms with E-state index in [2.05, 4.69) is 0 Å². The van der Waals surface area contributed by atoms with Gasteiger partial charge in [0.15, 0.2) is 0 Å². The zero-order valence-electron chi connectivity index (χ0n) is 14.1. The lowest BCUT2D eigenvalue weighted by Gasteiger charge is -2.20. The van der Waals surface area contributed by atoms with Crippen LogP contribution < -0.4 is 4.74 Å². The number of phenolic OH excluding ortho intramolecular Hbond substituents is 1. The lowest BCUT2D eigenvalue weighted by molar-refractivity contribution is 0.0681. The van der Waals surface area contributed by atoms with E-state index in [1.54, 1.807) is 25.1 Å². The molecule has 0 aliphatic heterocycles. The fraction of sp³-hybridized carbons (Fsp3) is 0.263. The van der Waals surface area contributed by atoms with Crippen LogP contribution in [0.15, 0.2) is 36.4 Å². The fourth-order valence-electron chi connectivity index (χ4n) is 2.22. The highest BCUT2D eigenvalue weighted by Crippen LogP contribution is 2.29. The molecule has 2 N–H and O–H groups in total. The third-order valence-corrected chi connectivity index (χ3v) is 3.65. The average molecular weight is 328 g/mol. The molecule has 0 fully saturated rings. The molecule has 2 rings (SSSR count). The Bertz CT molecular complexity index is 800. The highest BCUT2D eigenvalue weighted by molar-refractivity contribution is 5.97. The molecule has 0 saturated heterocycles. The Kier molecular flexibility index (Phi) is 4.64. The first-order valence-electron chi connectivity index (χ1n) is 7.49. The van der Waals surface area contributed by atoms with E-state index in [4.69, 9.17) is 4.74 Å². The fourth-order valence-corrected chi connectivity index (χ4v) is 2.22. The van der Waals surface area contributed by atoms with Crippen LogP contribution in [-0.4, -0.2) is 22.2 Å². The van der Waals surface area contributed by atoms with Crippen LogP contribution in [0.3, 0.4) is 0 Å². The van der Waals surface area contributed by atoms with Crippen LogP contribution in [0.4, 0.5) is 0 Å². The van der Waals surface area contributed by atoms with Crippen molar-refractivity contribution in [2.24, 2.45) is 0 Å². The maximum Gasteiger partial charge on any atom is 0.347 e. The van der Waals surface area contributed by atoms with E-state index < -0.39 is 11.9 Å². The normalized spacial score (nSPS) is 11.2. The first-order chi connectivity index (χ1) is 11.1. The summed E-state index contributed by atoms with van der Waals surface area (Å²) < 4.78 is 5.22. The largest absolute Gasteiger partial charge is 0.507 e. The second-order valence-corrected chi connectivity index (χ2v) is 6.68. The van der Waals surface area contributed by atoms with Crippen molar-refractivity contribution in [2.45, 2.75) is 33.1 Å². The van der Waals surface area contributed by atoms with E-state index in [0.717, 1.165) is 11.1 Å². The molecule has 0 spiro atoms. The van der Waals surface area contributed by atoms with Crippen molar-refractivity contribution in [3.8, 4) is 11.5 Å². The predicted molar refractivity (Wildman–Crippen MR) is 89.9 cm³/mol. The van der Waals surface area contributed by atoms with Gasteiger partial charge in [0.2, 0.25) is 0 Å². The molecule has 5 heteroatoms. The second-order valence-electron chi connectivity index (χ2n) is 6.68. The van der Waals surface area contributed by atoms with Gasteiger partial charge in [0.1, 0.15) is 22.6 Å². The number of carbonyl (C=O) groups excluding carboxylic acids is 1. The summed E-state index contributed by atoms with van der Waals surface area (Å²) in [6.07, 6.45) is 0. The number of carboxylic acids is 1. The number of benzene rings is 2. The molecular weight excluding hydrogens is 308 g/mol. The van der Waals surface area contributed by atoms with Gasteiger partial charge >= 0.3 is 11.9 Å². The zero-order chi connectivity index (χ0) is 18.1. The molecule has 0 heterocycles. The number of rotatable bonds is 3. The Labute approximate surface area is 140 Å². The second kappa shape index (κ2) is 6.35. The lowest BCUT2D eigenvalue weighted by atomic mass is 9.86. The van der Waals surface area contributed by atoms with Crippen LogP contribution >= 0.6 is 0 Å². The molecular formula is C19H20O5. The number of aromatic carboxylic acids is 1. The van der Waals surface area contributed by atoms with Crippen LogP contribution in [0, 0.1) is 6.92 Å². The average Bonchev–Trinajstić information content (AvgIpc) is 2.48. The number of hydrogen-bond donors (Lipinski definition) is 2. The van der Waals surface area contributed by atoms with Gasteiger partial charge in [-0.1, -0.05) is 38.5 Å². The molecule has 24 heavy (non-hydrogen) atoms. The Morgan fingerprint density at radius 2 is 1.67 bits per heavy atom. The van der Waals surface area contributed by atoms with Crippen molar-refractivity contribution < 1.29 is 24.5 Å². The maximum absolute atomic E-state index is 12.4. The minimum Gasteiger partial charge on any atom is -0.507 e. The topological polar surface area (TPSA) is 83.8 Å². The number of phenols is 1. The number of ether oxygens (including phenoxy) is 1. The summed E-state index contributed by atoms with van der Waals surface area (Å²) in [6.45, 7) is 7.70. The molecule has 0 radical (unpaired) electrons. The molecule has 0 saturated carbocycles. The molecule has 5 nitrogen and oxygen atoms in total. The molecule has 0 unspecified atom stereocenters. The van der Waals surface area contributed by atoms with E-state index in [0.29, 0.717) is 0 Å². The summed E-state index contributed by atoms with van der Waals surface area (Å²) in [7, 11) is 0. The molecule has 2 aromatic rings. The number of aryl methyl sites for hydroxylation is 1. The van der Waals surface area contributed by atoms with Gasteiger partial charge in [-0.15, -0.1) is 0 Å². The predicted octanol–water partition coefficient (Wildman–Crippen LogP) is 3.92. The van der Waals surface area contributed by atoms with Crippen molar-refractivity contribution in [3.05, 3.63) is 58.7 Å². The van der Waals surface area contributed by atoms with Crippen molar-refractivity contribution >= 4 is 11.9 Å². The third-order valence-electron chi connectivity index (χ3n) is 3.65. The number of carbonyl (C=O) groups is 2. The van der Waals surface area contributed by atoms with Gasteiger partial charge in [-0.25, -0.2) is 9.59 Å². The van der Waals surface area contributed by atoms with E-state index in [1.165, 1.54) is 18.2 Å². The van der Waals surface area contributed by atoms with Gasteiger partial charge in [0.25, 0.3) is 0 Å². The number of hydrogen-bond acceptors (Lipinski definition) is 4. The van der Waals surface area contributed by atoms with Crippen LogP contribution in [0.2, 0.25) is 0 Å². The van der Waals surface area contributed by atoms with Gasteiger partial charge in [-0.3, -0.25) is 0 Å². The summed E-state index contributed by atoms with van der Waals surface area (Å²) >= 11 is 0. The van der Waals surface area contributed by atoms with Crippen molar-refractivity contribution in [1.29, 1.82) is 0 Å². The molecule has 126 valence electrons. The number of carboxylic acid groups (broad SMARTS) is 1. The van der Waals surface area contributed by atoms with Gasteiger partial charge in [0.05, 0.1) is 0 Å². The third kappa shape index (κ3) is 3.74. The number of aromatic hydroxyl groups is 1. The first kappa shape index (κ1) is 17.5. The smallest absolute Gasteiger partial charge is 0.347 e. The van der Waals surface area contributed by atoms with Crippen LogP contribution in [-0.2, 0) is 5.41 Å².